The van der Waals surface area contributed by atoms with Crippen molar-refractivity contribution in [2.45, 2.75) is 26.4 Å². The van der Waals surface area contributed by atoms with Crippen molar-refractivity contribution in [3.8, 4) is 0 Å². The molecule has 156 valence electrons. The molecule has 1 aliphatic rings. The topological polar surface area (TPSA) is 82.6 Å². The molecule has 1 N–H and O–H groups in total. The van der Waals surface area contributed by atoms with E-state index in [1.807, 2.05) is 6.92 Å². The second-order valence-corrected chi connectivity index (χ2v) is 9.41. The van der Waals surface area contributed by atoms with Crippen LogP contribution in [0.15, 0.2) is 24.4 Å². The minimum Gasteiger partial charge on any atom is -0.334 e. The number of amides is 1. The minimum absolute atomic E-state index is 0.0709. The Morgan fingerprint density at radius 3 is 2.76 bits per heavy atom. The number of aromatic nitrogens is 1. The standard InChI is InChI=1S/C19H22ClFN4O3S/c1-12-17(10-23-29(27,28)24(2)3)15-6-7-25(11-13(15)9-22-12)19(26)16-5-4-14(21)8-18(16)20/h4-5,8-9,23H,6-7,10-11H2,1-3H3. The molecule has 29 heavy (non-hydrogen) atoms. The molecule has 0 fully saturated rings. The molecule has 3 rings (SSSR count). The molecule has 0 atom stereocenters. The first-order valence-corrected chi connectivity index (χ1v) is 10.8. The fourth-order valence-corrected chi connectivity index (χ4v) is 4.09. The third-order valence-electron chi connectivity index (χ3n) is 4.96. The van der Waals surface area contributed by atoms with Gasteiger partial charge < -0.3 is 4.90 Å². The van der Waals surface area contributed by atoms with Crippen molar-refractivity contribution in [3.05, 3.63) is 63.2 Å². The summed E-state index contributed by atoms with van der Waals surface area (Å²) in [5.74, 6) is -0.781. The second-order valence-electron chi connectivity index (χ2n) is 7.04. The van der Waals surface area contributed by atoms with Gasteiger partial charge in [-0.1, -0.05) is 11.6 Å². The zero-order valence-electron chi connectivity index (χ0n) is 16.4. The number of hydrogen-bond donors (Lipinski definition) is 1. The normalized spacial score (nSPS) is 14.2. The van der Waals surface area contributed by atoms with Gasteiger partial charge in [-0.2, -0.15) is 17.4 Å². The van der Waals surface area contributed by atoms with E-state index in [0.717, 1.165) is 32.8 Å². The number of pyridine rings is 1. The smallest absolute Gasteiger partial charge is 0.279 e. The molecule has 0 unspecified atom stereocenters. The summed E-state index contributed by atoms with van der Waals surface area (Å²) in [4.78, 5) is 18.8. The maximum Gasteiger partial charge on any atom is 0.279 e. The molecule has 2 heterocycles. The first-order valence-electron chi connectivity index (χ1n) is 8.98. The van der Waals surface area contributed by atoms with Crippen molar-refractivity contribution in [3.63, 3.8) is 0 Å². The molecule has 1 aromatic heterocycles. The van der Waals surface area contributed by atoms with Gasteiger partial charge in [0.25, 0.3) is 16.1 Å². The van der Waals surface area contributed by atoms with Crippen molar-refractivity contribution in [2.75, 3.05) is 20.6 Å². The van der Waals surface area contributed by atoms with Crippen molar-refractivity contribution in [1.29, 1.82) is 0 Å². The van der Waals surface area contributed by atoms with Crippen LogP contribution in [0.4, 0.5) is 4.39 Å². The Balaban J connectivity index is 1.83. The van der Waals surface area contributed by atoms with Gasteiger partial charge in [0, 0.05) is 45.6 Å². The van der Waals surface area contributed by atoms with E-state index in [1.54, 1.807) is 11.1 Å². The third-order valence-corrected chi connectivity index (χ3v) is 6.74. The monoisotopic (exact) mass is 440 g/mol. The van der Waals surface area contributed by atoms with Gasteiger partial charge in [0.05, 0.1) is 10.6 Å². The van der Waals surface area contributed by atoms with Crippen molar-refractivity contribution in [2.24, 2.45) is 0 Å². The Morgan fingerprint density at radius 2 is 2.10 bits per heavy atom. The van der Waals surface area contributed by atoms with Gasteiger partial charge in [0.15, 0.2) is 0 Å². The first-order chi connectivity index (χ1) is 13.6. The average Bonchev–Trinajstić information content (AvgIpc) is 2.66. The average molecular weight is 441 g/mol. The fourth-order valence-electron chi connectivity index (χ4n) is 3.26. The summed E-state index contributed by atoms with van der Waals surface area (Å²) < 4.78 is 41.0. The Bertz CT molecular complexity index is 1060. The number of halogens is 2. The second kappa shape index (κ2) is 8.35. The summed E-state index contributed by atoms with van der Waals surface area (Å²) in [6.45, 7) is 2.72. The molecule has 0 saturated carbocycles. The lowest BCUT2D eigenvalue weighted by molar-refractivity contribution is 0.0734. The maximum atomic E-state index is 13.3. The van der Waals surface area contributed by atoms with E-state index in [-0.39, 0.29) is 23.0 Å². The van der Waals surface area contributed by atoms with Crippen LogP contribution in [-0.2, 0) is 29.7 Å². The van der Waals surface area contributed by atoms with Crippen LogP contribution < -0.4 is 4.72 Å². The zero-order valence-corrected chi connectivity index (χ0v) is 17.9. The number of carbonyl (C=O) groups excluding carboxylic acids is 1. The number of carbonyl (C=O) groups is 1. The van der Waals surface area contributed by atoms with Crippen LogP contribution in [0, 0.1) is 12.7 Å². The van der Waals surface area contributed by atoms with Gasteiger partial charge in [-0.05, 0) is 48.2 Å². The molecule has 1 amide bonds. The minimum atomic E-state index is -3.56. The quantitative estimate of drug-likeness (QED) is 0.773. The summed E-state index contributed by atoms with van der Waals surface area (Å²) in [5.41, 5.74) is 3.66. The molecule has 2 aromatic rings. The van der Waals surface area contributed by atoms with E-state index in [0.29, 0.717) is 19.5 Å². The Morgan fingerprint density at radius 1 is 1.38 bits per heavy atom. The van der Waals surface area contributed by atoms with E-state index < -0.39 is 16.0 Å². The predicted molar refractivity (Wildman–Crippen MR) is 108 cm³/mol. The van der Waals surface area contributed by atoms with Crippen LogP contribution in [0.3, 0.4) is 0 Å². The summed E-state index contributed by atoms with van der Waals surface area (Å²) in [6, 6.07) is 3.70. The lowest BCUT2D eigenvalue weighted by Crippen LogP contribution is -2.38. The molecule has 0 aliphatic carbocycles. The summed E-state index contributed by atoms with van der Waals surface area (Å²) in [6.07, 6.45) is 2.27. The molecule has 0 radical (unpaired) electrons. The number of hydrogen-bond acceptors (Lipinski definition) is 4. The van der Waals surface area contributed by atoms with Gasteiger partial charge in [-0.15, -0.1) is 0 Å². The van der Waals surface area contributed by atoms with Gasteiger partial charge in [-0.3, -0.25) is 9.78 Å². The lowest BCUT2D eigenvalue weighted by Gasteiger charge is -2.31. The summed E-state index contributed by atoms with van der Waals surface area (Å²) >= 11 is 6.03. The fraction of sp³-hybridized carbons (Fsp3) is 0.368. The van der Waals surface area contributed by atoms with Crippen LogP contribution in [-0.4, -0.2) is 49.2 Å². The predicted octanol–water partition coefficient (Wildman–Crippen LogP) is 2.28. The Labute approximate surface area is 174 Å². The van der Waals surface area contributed by atoms with Crippen LogP contribution in [0.2, 0.25) is 5.02 Å². The molecular weight excluding hydrogens is 419 g/mol. The SMILES string of the molecule is Cc1ncc2c(c1CNS(=O)(=O)N(C)C)CCN(C(=O)c1ccc(F)cc1Cl)C2. The molecule has 0 bridgehead atoms. The van der Waals surface area contributed by atoms with E-state index in [4.69, 9.17) is 11.6 Å². The molecule has 1 aliphatic heterocycles. The number of fused-ring (bicyclic) bond motifs is 1. The largest absolute Gasteiger partial charge is 0.334 e. The van der Waals surface area contributed by atoms with Gasteiger partial charge in [0.2, 0.25) is 0 Å². The highest BCUT2D eigenvalue weighted by molar-refractivity contribution is 7.87. The molecule has 0 spiro atoms. The highest BCUT2D eigenvalue weighted by Gasteiger charge is 2.26. The first kappa shape index (κ1) is 21.6. The zero-order chi connectivity index (χ0) is 21.3. The third kappa shape index (κ3) is 4.58. The number of aryl methyl sites for hydroxylation is 1. The molecule has 0 saturated heterocycles. The van der Waals surface area contributed by atoms with Crippen molar-refractivity contribution in [1.82, 2.24) is 18.9 Å². The number of nitrogens with one attached hydrogen (secondary N) is 1. The Kier molecular flexibility index (Phi) is 6.23. The van der Waals surface area contributed by atoms with E-state index >= 15 is 0 Å². The van der Waals surface area contributed by atoms with E-state index in [2.05, 4.69) is 9.71 Å². The molecule has 10 heteroatoms. The van der Waals surface area contributed by atoms with Gasteiger partial charge in [-0.25, -0.2) is 4.39 Å². The number of benzene rings is 1. The van der Waals surface area contributed by atoms with E-state index in [9.17, 15) is 17.6 Å². The molecular formula is C19H22ClFN4O3S. The van der Waals surface area contributed by atoms with Crippen LogP contribution in [0.5, 0.6) is 0 Å². The lowest BCUT2D eigenvalue weighted by atomic mass is 9.94. The van der Waals surface area contributed by atoms with Crippen LogP contribution in [0.25, 0.3) is 0 Å². The maximum absolute atomic E-state index is 13.3. The van der Waals surface area contributed by atoms with Gasteiger partial charge in [0.1, 0.15) is 5.82 Å². The summed E-state index contributed by atoms with van der Waals surface area (Å²) in [7, 11) is -0.650. The van der Waals surface area contributed by atoms with Crippen molar-refractivity contribution < 1.29 is 17.6 Å². The summed E-state index contributed by atoms with van der Waals surface area (Å²) in [5, 5.41) is 0.0709. The van der Waals surface area contributed by atoms with E-state index in [1.165, 1.54) is 26.2 Å². The highest BCUT2D eigenvalue weighted by Crippen LogP contribution is 2.27. The highest BCUT2D eigenvalue weighted by atomic mass is 35.5. The van der Waals surface area contributed by atoms with Crippen LogP contribution >= 0.6 is 11.6 Å². The molecule has 1 aromatic carbocycles. The number of nitrogens with zero attached hydrogens (tertiary/aromatic N) is 3. The van der Waals surface area contributed by atoms with Crippen molar-refractivity contribution >= 4 is 27.7 Å². The van der Waals surface area contributed by atoms with Crippen LogP contribution in [0.1, 0.15) is 32.7 Å². The Hall–Kier alpha value is -2.07. The van der Waals surface area contributed by atoms with Gasteiger partial charge >= 0.3 is 0 Å². The number of rotatable bonds is 5. The molecule has 7 nitrogen and oxygen atoms in total.